The summed E-state index contributed by atoms with van der Waals surface area (Å²) in [6.07, 6.45) is 3.01. The molecule has 0 fully saturated rings. The van der Waals surface area contributed by atoms with E-state index in [2.05, 4.69) is 10.6 Å². The molecule has 1 heterocycles. The van der Waals surface area contributed by atoms with Crippen molar-refractivity contribution in [3.05, 3.63) is 94.6 Å². The summed E-state index contributed by atoms with van der Waals surface area (Å²) in [7, 11) is 0. The second-order valence-corrected chi connectivity index (χ2v) is 6.67. The first kappa shape index (κ1) is 19.2. The zero-order chi connectivity index (χ0) is 20.1. The number of benzene rings is 2. The normalized spacial score (nSPS) is 11.2. The Kier molecular flexibility index (Phi) is 5.75. The van der Waals surface area contributed by atoms with Crippen LogP contribution in [0.2, 0.25) is 0 Å². The molecule has 3 aromatic rings. The van der Waals surface area contributed by atoms with Crippen molar-refractivity contribution >= 4 is 23.6 Å². The quantitative estimate of drug-likeness (QED) is 0.641. The average Bonchev–Trinajstić information content (AvgIpc) is 3.16. The van der Waals surface area contributed by atoms with Crippen LogP contribution in [0.25, 0.3) is 6.08 Å². The molecule has 0 aliphatic heterocycles. The van der Waals surface area contributed by atoms with Gasteiger partial charge < -0.3 is 15.1 Å². The maximum Gasteiger partial charge on any atom is 0.272 e. The van der Waals surface area contributed by atoms with Crippen LogP contribution in [0.1, 0.15) is 32.8 Å². The molecule has 0 aliphatic rings. The number of carbonyl (C=O) groups is 2. The molecule has 0 bridgehead atoms. The molecule has 5 heteroatoms. The molecule has 3 rings (SSSR count). The Bertz CT molecular complexity index is 1030. The van der Waals surface area contributed by atoms with Gasteiger partial charge in [0, 0.05) is 17.3 Å². The van der Waals surface area contributed by atoms with E-state index in [0.29, 0.717) is 17.0 Å². The van der Waals surface area contributed by atoms with Crippen LogP contribution in [0.15, 0.2) is 71.0 Å². The number of amides is 2. The highest BCUT2D eigenvalue weighted by Crippen LogP contribution is 2.17. The number of hydrogen-bond acceptors (Lipinski definition) is 3. The van der Waals surface area contributed by atoms with Gasteiger partial charge in [-0.3, -0.25) is 9.59 Å². The van der Waals surface area contributed by atoms with Gasteiger partial charge in [-0.2, -0.15) is 0 Å². The van der Waals surface area contributed by atoms with E-state index in [1.54, 1.807) is 30.3 Å². The van der Waals surface area contributed by atoms with Crippen molar-refractivity contribution in [2.45, 2.75) is 20.8 Å². The number of rotatable bonds is 5. The van der Waals surface area contributed by atoms with Gasteiger partial charge in [0.15, 0.2) is 0 Å². The Labute approximate surface area is 164 Å². The number of anilines is 1. The van der Waals surface area contributed by atoms with Crippen LogP contribution in [0.5, 0.6) is 0 Å². The molecule has 1 aromatic heterocycles. The second-order valence-electron chi connectivity index (χ2n) is 6.67. The first-order valence-electron chi connectivity index (χ1n) is 8.94. The van der Waals surface area contributed by atoms with Crippen LogP contribution in [-0.2, 0) is 4.79 Å². The van der Waals surface area contributed by atoms with E-state index in [9.17, 15) is 9.59 Å². The Hall–Kier alpha value is -3.60. The summed E-state index contributed by atoms with van der Waals surface area (Å²) < 4.78 is 5.30. The van der Waals surface area contributed by atoms with Crippen molar-refractivity contribution in [1.82, 2.24) is 5.32 Å². The van der Waals surface area contributed by atoms with Crippen LogP contribution in [0, 0.1) is 20.8 Å². The smallest absolute Gasteiger partial charge is 0.272 e. The van der Waals surface area contributed by atoms with E-state index < -0.39 is 5.91 Å². The summed E-state index contributed by atoms with van der Waals surface area (Å²) in [6, 6.07) is 16.4. The van der Waals surface area contributed by atoms with Crippen molar-refractivity contribution in [3.8, 4) is 0 Å². The van der Waals surface area contributed by atoms with Crippen LogP contribution < -0.4 is 10.6 Å². The lowest BCUT2D eigenvalue weighted by molar-refractivity contribution is -0.113. The molecule has 0 saturated heterocycles. The highest BCUT2D eigenvalue weighted by Gasteiger charge is 2.16. The zero-order valence-corrected chi connectivity index (χ0v) is 16.1. The minimum Gasteiger partial charge on any atom is -0.465 e. The molecular weight excluding hydrogens is 352 g/mol. The SMILES string of the molecule is Cc1cccc(C(=O)N/C(=C\c2ccco2)C(=O)Nc2ccc(C)cc2C)c1. The van der Waals surface area contributed by atoms with E-state index in [4.69, 9.17) is 4.42 Å². The molecule has 0 unspecified atom stereocenters. The summed E-state index contributed by atoms with van der Waals surface area (Å²) in [4.78, 5) is 25.5. The summed E-state index contributed by atoms with van der Waals surface area (Å²) in [6.45, 7) is 5.82. The summed E-state index contributed by atoms with van der Waals surface area (Å²) in [5.41, 5.74) is 4.27. The third-order valence-corrected chi connectivity index (χ3v) is 4.23. The minimum absolute atomic E-state index is 0.0985. The molecule has 2 amide bonds. The van der Waals surface area contributed by atoms with Gasteiger partial charge in [-0.15, -0.1) is 0 Å². The number of furan rings is 1. The van der Waals surface area contributed by atoms with E-state index in [1.807, 2.05) is 45.0 Å². The standard InChI is InChI=1S/C23H22N2O3/c1-15-6-4-7-18(13-15)22(26)25-21(14-19-8-5-11-28-19)23(27)24-20-10-9-16(2)12-17(20)3/h4-14H,1-3H3,(H,24,27)(H,25,26)/b21-14-. The van der Waals surface area contributed by atoms with Gasteiger partial charge >= 0.3 is 0 Å². The maximum absolute atomic E-state index is 12.9. The minimum atomic E-state index is -0.427. The molecule has 5 nitrogen and oxygen atoms in total. The van der Waals surface area contributed by atoms with Gasteiger partial charge in [0.1, 0.15) is 11.5 Å². The average molecular weight is 374 g/mol. The molecule has 28 heavy (non-hydrogen) atoms. The van der Waals surface area contributed by atoms with E-state index in [-0.39, 0.29) is 11.6 Å². The van der Waals surface area contributed by atoms with Gasteiger partial charge in [-0.25, -0.2) is 0 Å². The highest BCUT2D eigenvalue weighted by atomic mass is 16.3. The number of hydrogen-bond donors (Lipinski definition) is 2. The second kappa shape index (κ2) is 8.39. The van der Waals surface area contributed by atoms with Crippen LogP contribution in [-0.4, -0.2) is 11.8 Å². The molecule has 0 atom stereocenters. The third kappa shape index (κ3) is 4.76. The van der Waals surface area contributed by atoms with Crippen molar-refractivity contribution < 1.29 is 14.0 Å². The molecule has 2 aromatic carbocycles. The first-order valence-corrected chi connectivity index (χ1v) is 8.94. The number of carbonyl (C=O) groups excluding carboxylic acids is 2. The molecule has 142 valence electrons. The Morgan fingerprint density at radius 2 is 1.71 bits per heavy atom. The number of aryl methyl sites for hydroxylation is 3. The first-order chi connectivity index (χ1) is 13.4. The molecule has 2 N–H and O–H groups in total. The van der Waals surface area contributed by atoms with Gasteiger partial charge in [0.05, 0.1) is 6.26 Å². The van der Waals surface area contributed by atoms with Crippen LogP contribution in [0.4, 0.5) is 5.69 Å². The zero-order valence-electron chi connectivity index (χ0n) is 16.1. The fourth-order valence-corrected chi connectivity index (χ4v) is 2.80. The lowest BCUT2D eigenvalue weighted by Gasteiger charge is -2.13. The van der Waals surface area contributed by atoms with Gasteiger partial charge in [-0.1, -0.05) is 35.4 Å². The van der Waals surface area contributed by atoms with E-state index in [1.165, 1.54) is 12.3 Å². The molecule has 0 saturated carbocycles. The molecular formula is C23H22N2O3. The largest absolute Gasteiger partial charge is 0.465 e. The summed E-state index contributed by atoms with van der Waals surface area (Å²) in [5.74, 6) is -0.322. The highest BCUT2D eigenvalue weighted by molar-refractivity contribution is 6.10. The van der Waals surface area contributed by atoms with Gasteiger partial charge in [0.25, 0.3) is 11.8 Å². The third-order valence-electron chi connectivity index (χ3n) is 4.23. The number of nitrogens with one attached hydrogen (secondary N) is 2. The molecule has 0 aliphatic carbocycles. The summed E-state index contributed by atoms with van der Waals surface area (Å²) in [5, 5.41) is 5.55. The van der Waals surface area contributed by atoms with Crippen molar-refractivity contribution in [2.24, 2.45) is 0 Å². The van der Waals surface area contributed by atoms with Crippen molar-refractivity contribution in [2.75, 3.05) is 5.32 Å². The fourth-order valence-electron chi connectivity index (χ4n) is 2.80. The van der Waals surface area contributed by atoms with Crippen molar-refractivity contribution in [1.29, 1.82) is 0 Å². The Balaban J connectivity index is 1.86. The van der Waals surface area contributed by atoms with E-state index in [0.717, 1.165) is 16.7 Å². The monoisotopic (exact) mass is 374 g/mol. The molecule has 0 spiro atoms. The van der Waals surface area contributed by atoms with Crippen LogP contribution >= 0.6 is 0 Å². The van der Waals surface area contributed by atoms with Crippen molar-refractivity contribution in [3.63, 3.8) is 0 Å². The predicted molar refractivity (Wildman–Crippen MR) is 110 cm³/mol. The lowest BCUT2D eigenvalue weighted by Crippen LogP contribution is -2.31. The maximum atomic E-state index is 12.9. The van der Waals surface area contributed by atoms with Gasteiger partial charge in [0.2, 0.25) is 0 Å². The Morgan fingerprint density at radius 1 is 0.929 bits per heavy atom. The Morgan fingerprint density at radius 3 is 2.39 bits per heavy atom. The summed E-state index contributed by atoms with van der Waals surface area (Å²) >= 11 is 0. The van der Waals surface area contributed by atoms with Gasteiger partial charge in [-0.05, 0) is 56.7 Å². The molecule has 0 radical (unpaired) electrons. The fraction of sp³-hybridized carbons (Fsp3) is 0.130. The van der Waals surface area contributed by atoms with Crippen LogP contribution in [0.3, 0.4) is 0 Å². The lowest BCUT2D eigenvalue weighted by atomic mass is 10.1. The topological polar surface area (TPSA) is 71.3 Å². The predicted octanol–water partition coefficient (Wildman–Crippen LogP) is 4.61. The van der Waals surface area contributed by atoms with E-state index >= 15 is 0 Å².